The highest BCUT2D eigenvalue weighted by molar-refractivity contribution is 6.32. The van der Waals surface area contributed by atoms with Gasteiger partial charge >= 0.3 is 0 Å². The summed E-state index contributed by atoms with van der Waals surface area (Å²) in [5.74, 6) is 1.25. The normalized spacial score (nSPS) is 15.7. The number of hydrogen-bond acceptors (Lipinski definition) is 8. The SMILES string of the molecule is CN(C)C1CCN(c2cc3ncnc(Nc4ccc(OCc5ccccn5)c(Cl)c4)c3cc2N)C1. The van der Waals surface area contributed by atoms with E-state index >= 15 is 0 Å². The van der Waals surface area contributed by atoms with Gasteiger partial charge in [0, 0.05) is 36.4 Å². The summed E-state index contributed by atoms with van der Waals surface area (Å²) in [5.41, 5.74) is 10.7. The molecule has 4 aromatic rings. The maximum atomic E-state index is 6.49. The lowest BCUT2D eigenvalue weighted by molar-refractivity contribution is 0.301. The number of fused-ring (bicyclic) bond motifs is 1. The summed E-state index contributed by atoms with van der Waals surface area (Å²) in [5, 5.41) is 4.69. The third kappa shape index (κ3) is 5.08. The Morgan fingerprint density at radius 2 is 2.03 bits per heavy atom. The van der Waals surface area contributed by atoms with Crippen molar-refractivity contribution in [2.75, 3.05) is 43.1 Å². The van der Waals surface area contributed by atoms with Gasteiger partial charge in [0.1, 0.15) is 24.5 Å². The molecule has 3 heterocycles. The first-order valence-corrected chi connectivity index (χ1v) is 11.9. The summed E-state index contributed by atoms with van der Waals surface area (Å²) in [6, 6.07) is 15.8. The van der Waals surface area contributed by atoms with Crippen molar-refractivity contribution in [1.82, 2.24) is 19.9 Å². The molecule has 1 saturated heterocycles. The molecule has 1 fully saturated rings. The van der Waals surface area contributed by atoms with Crippen molar-refractivity contribution in [3.8, 4) is 5.75 Å². The third-order valence-electron chi connectivity index (χ3n) is 6.31. The molecule has 0 aliphatic carbocycles. The van der Waals surface area contributed by atoms with Crippen LogP contribution in [0.4, 0.5) is 22.9 Å². The summed E-state index contributed by atoms with van der Waals surface area (Å²) in [6.45, 7) is 2.27. The van der Waals surface area contributed by atoms with Crippen LogP contribution in [0, 0.1) is 0 Å². The number of halogens is 1. The van der Waals surface area contributed by atoms with Gasteiger partial charge in [0.2, 0.25) is 0 Å². The summed E-state index contributed by atoms with van der Waals surface area (Å²) in [7, 11) is 4.24. The van der Waals surface area contributed by atoms with Crippen LogP contribution in [0.1, 0.15) is 12.1 Å². The van der Waals surface area contributed by atoms with E-state index in [0.717, 1.165) is 47.5 Å². The lowest BCUT2D eigenvalue weighted by atomic mass is 10.1. The molecule has 5 rings (SSSR count). The molecule has 0 radical (unpaired) electrons. The maximum absolute atomic E-state index is 6.49. The van der Waals surface area contributed by atoms with Gasteiger partial charge in [-0.3, -0.25) is 4.98 Å². The second kappa shape index (κ2) is 9.93. The lowest BCUT2D eigenvalue weighted by Gasteiger charge is -2.23. The van der Waals surface area contributed by atoms with Crippen molar-refractivity contribution in [2.45, 2.75) is 19.1 Å². The largest absolute Gasteiger partial charge is 0.486 e. The number of nitrogens with one attached hydrogen (secondary N) is 1. The number of benzene rings is 2. The molecule has 1 unspecified atom stereocenters. The summed E-state index contributed by atoms with van der Waals surface area (Å²) >= 11 is 6.49. The number of anilines is 4. The Labute approximate surface area is 209 Å². The monoisotopic (exact) mass is 489 g/mol. The van der Waals surface area contributed by atoms with Crippen LogP contribution in [0.25, 0.3) is 10.9 Å². The van der Waals surface area contributed by atoms with E-state index in [0.29, 0.717) is 34.9 Å². The Hall–Kier alpha value is -3.62. The van der Waals surface area contributed by atoms with Crippen molar-refractivity contribution >= 4 is 45.4 Å². The van der Waals surface area contributed by atoms with Crippen molar-refractivity contribution in [1.29, 1.82) is 0 Å². The van der Waals surface area contributed by atoms with Gasteiger partial charge in [0.25, 0.3) is 0 Å². The maximum Gasteiger partial charge on any atom is 0.141 e. The standard InChI is InChI=1S/C26H28ClN7O/c1-33(2)19-8-10-34(14-19)24-13-23-20(12-22(24)28)26(31-16-30-23)32-17-6-7-25(21(27)11-17)35-15-18-5-3-4-9-29-18/h3-7,9,11-13,16,19H,8,10,14-15,28H2,1-2H3,(H,30,31,32). The molecule has 9 heteroatoms. The minimum atomic E-state index is 0.345. The Morgan fingerprint density at radius 3 is 2.77 bits per heavy atom. The molecule has 2 aromatic carbocycles. The molecule has 1 aliphatic heterocycles. The molecule has 35 heavy (non-hydrogen) atoms. The number of aromatic nitrogens is 3. The molecule has 1 atom stereocenters. The van der Waals surface area contributed by atoms with Gasteiger partial charge in [-0.05, 0) is 63.0 Å². The predicted octanol–water partition coefficient (Wildman–Crippen LogP) is 4.72. The van der Waals surface area contributed by atoms with E-state index in [4.69, 9.17) is 22.1 Å². The number of ether oxygens (including phenoxy) is 1. The first-order chi connectivity index (χ1) is 17.0. The van der Waals surface area contributed by atoms with Gasteiger partial charge in [-0.2, -0.15) is 0 Å². The van der Waals surface area contributed by atoms with E-state index in [1.807, 2.05) is 42.5 Å². The second-order valence-corrected chi connectivity index (χ2v) is 9.29. The van der Waals surface area contributed by atoms with E-state index in [9.17, 15) is 0 Å². The van der Waals surface area contributed by atoms with E-state index in [-0.39, 0.29) is 0 Å². The molecular weight excluding hydrogens is 462 g/mol. The highest BCUT2D eigenvalue weighted by Gasteiger charge is 2.25. The summed E-state index contributed by atoms with van der Waals surface area (Å²) in [6.07, 6.45) is 4.41. The van der Waals surface area contributed by atoms with Crippen LogP contribution >= 0.6 is 11.6 Å². The Balaban J connectivity index is 1.35. The highest BCUT2D eigenvalue weighted by atomic mass is 35.5. The fourth-order valence-corrected chi connectivity index (χ4v) is 4.57. The van der Waals surface area contributed by atoms with Crippen LogP contribution in [0.2, 0.25) is 5.02 Å². The van der Waals surface area contributed by atoms with Gasteiger partial charge in [0.15, 0.2) is 0 Å². The number of rotatable bonds is 7. The first-order valence-electron chi connectivity index (χ1n) is 11.5. The van der Waals surface area contributed by atoms with Gasteiger partial charge < -0.3 is 25.6 Å². The molecule has 180 valence electrons. The molecule has 0 saturated carbocycles. The van der Waals surface area contributed by atoms with Crippen LogP contribution in [-0.4, -0.2) is 53.1 Å². The predicted molar refractivity (Wildman–Crippen MR) is 142 cm³/mol. The Kier molecular flexibility index (Phi) is 6.57. The van der Waals surface area contributed by atoms with Gasteiger partial charge in [0.05, 0.1) is 27.6 Å². The van der Waals surface area contributed by atoms with Gasteiger partial charge in [-0.25, -0.2) is 9.97 Å². The van der Waals surface area contributed by atoms with Crippen LogP contribution in [-0.2, 0) is 6.61 Å². The zero-order chi connectivity index (χ0) is 24.4. The number of pyridine rings is 1. The molecule has 0 bridgehead atoms. The topological polar surface area (TPSA) is 92.4 Å². The first kappa shape index (κ1) is 23.1. The number of likely N-dealkylation sites (N-methyl/N-ethyl adjacent to an activating group) is 1. The second-order valence-electron chi connectivity index (χ2n) is 8.88. The van der Waals surface area contributed by atoms with Crippen molar-refractivity contribution in [3.63, 3.8) is 0 Å². The Morgan fingerprint density at radius 1 is 1.14 bits per heavy atom. The quantitative estimate of drug-likeness (QED) is 0.360. The molecule has 0 amide bonds. The average molecular weight is 490 g/mol. The fraction of sp³-hybridized carbons (Fsp3) is 0.269. The van der Waals surface area contributed by atoms with Crippen LogP contribution in [0.5, 0.6) is 5.75 Å². The van der Waals surface area contributed by atoms with E-state index in [1.165, 1.54) is 0 Å². The van der Waals surface area contributed by atoms with Crippen LogP contribution in [0.3, 0.4) is 0 Å². The highest BCUT2D eigenvalue weighted by Crippen LogP contribution is 2.35. The number of nitrogen functional groups attached to an aromatic ring is 1. The minimum Gasteiger partial charge on any atom is -0.486 e. The van der Waals surface area contributed by atoms with E-state index in [1.54, 1.807) is 12.5 Å². The zero-order valence-electron chi connectivity index (χ0n) is 19.8. The summed E-state index contributed by atoms with van der Waals surface area (Å²) < 4.78 is 5.83. The van der Waals surface area contributed by atoms with E-state index < -0.39 is 0 Å². The third-order valence-corrected chi connectivity index (χ3v) is 6.61. The molecule has 0 spiro atoms. The minimum absolute atomic E-state index is 0.345. The van der Waals surface area contributed by atoms with Gasteiger partial charge in [-0.15, -0.1) is 0 Å². The lowest BCUT2D eigenvalue weighted by Crippen LogP contribution is -2.31. The fourth-order valence-electron chi connectivity index (χ4n) is 4.33. The Bertz CT molecular complexity index is 1330. The van der Waals surface area contributed by atoms with E-state index in [2.05, 4.69) is 50.2 Å². The number of hydrogen-bond donors (Lipinski definition) is 2. The zero-order valence-corrected chi connectivity index (χ0v) is 20.5. The molecule has 8 nitrogen and oxygen atoms in total. The molecule has 1 aliphatic rings. The molecule has 2 aromatic heterocycles. The molecule has 3 N–H and O–H groups in total. The summed E-state index contributed by atoms with van der Waals surface area (Å²) in [4.78, 5) is 17.8. The molecular formula is C26H28ClN7O. The van der Waals surface area contributed by atoms with Crippen molar-refractivity contribution in [3.05, 3.63) is 71.8 Å². The van der Waals surface area contributed by atoms with Crippen molar-refractivity contribution < 1.29 is 4.74 Å². The van der Waals surface area contributed by atoms with Gasteiger partial charge in [-0.1, -0.05) is 17.7 Å². The number of nitrogens with two attached hydrogens (primary N) is 1. The van der Waals surface area contributed by atoms with Crippen LogP contribution < -0.4 is 20.7 Å². The average Bonchev–Trinajstić information content (AvgIpc) is 3.35. The smallest absolute Gasteiger partial charge is 0.141 e. The number of nitrogens with zero attached hydrogens (tertiary/aromatic N) is 5. The van der Waals surface area contributed by atoms with Crippen molar-refractivity contribution in [2.24, 2.45) is 0 Å². The van der Waals surface area contributed by atoms with Crippen LogP contribution in [0.15, 0.2) is 61.1 Å².